The first kappa shape index (κ1) is 21.2. The molecule has 0 atom stereocenters. The molecule has 1 amide bonds. The SMILES string of the molecule is CNC1CCN(c2ccc(NC(=O)c3ccn4ncc(-c5cccc(C)c5)c4n3)cc2)CC1. The number of hydrogen-bond acceptors (Lipinski definition) is 5. The van der Waals surface area contributed by atoms with E-state index in [4.69, 9.17) is 0 Å². The highest BCUT2D eigenvalue weighted by atomic mass is 16.1. The van der Waals surface area contributed by atoms with E-state index in [1.54, 1.807) is 23.0 Å². The Bertz CT molecular complexity index is 1270. The zero-order valence-corrected chi connectivity index (χ0v) is 19.0. The van der Waals surface area contributed by atoms with Crippen LogP contribution in [0.2, 0.25) is 0 Å². The van der Waals surface area contributed by atoms with Crippen LogP contribution in [0.15, 0.2) is 67.0 Å². The van der Waals surface area contributed by atoms with Crippen LogP contribution in [0.4, 0.5) is 11.4 Å². The number of amides is 1. The van der Waals surface area contributed by atoms with E-state index in [1.807, 2.05) is 31.3 Å². The van der Waals surface area contributed by atoms with Crippen molar-refractivity contribution in [2.45, 2.75) is 25.8 Å². The van der Waals surface area contributed by atoms with Crippen molar-refractivity contribution in [2.75, 3.05) is 30.4 Å². The van der Waals surface area contributed by atoms with Crippen LogP contribution in [0.3, 0.4) is 0 Å². The van der Waals surface area contributed by atoms with E-state index >= 15 is 0 Å². The van der Waals surface area contributed by atoms with Crippen molar-refractivity contribution in [3.63, 3.8) is 0 Å². The number of fused-ring (bicyclic) bond motifs is 1. The number of aromatic nitrogens is 3. The maximum atomic E-state index is 12.9. The topological polar surface area (TPSA) is 74.6 Å². The minimum absolute atomic E-state index is 0.239. The summed E-state index contributed by atoms with van der Waals surface area (Å²) in [5.41, 5.74) is 6.05. The van der Waals surface area contributed by atoms with Gasteiger partial charge in [-0.15, -0.1) is 0 Å². The number of rotatable bonds is 5. The Labute approximate surface area is 193 Å². The average molecular weight is 441 g/mol. The second kappa shape index (κ2) is 9.03. The predicted octanol–water partition coefficient (Wildman–Crippen LogP) is 4.15. The van der Waals surface area contributed by atoms with E-state index in [-0.39, 0.29) is 5.91 Å². The third kappa shape index (κ3) is 4.45. The fourth-order valence-electron chi connectivity index (χ4n) is 4.39. The largest absolute Gasteiger partial charge is 0.371 e. The molecule has 7 heteroatoms. The summed E-state index contributed by atoms with van der Waals surface area (Å²) >= 11 is 0. The molecule has 1 fully saturated rings. The van der Waals surface area contributed by atoms with Gasteiger partial charge in [0.1, 0.15) is 5.69 Å². The molecule has 0 radical (unpaired) electrons. The van der Waals surface area contributed by atoms with Gasteiger partial charge in [0.25, 0.3) is 5.91 Å². The van der Waals surface area contributed by atoms with Crippen molar-refractivity contribution in [3.8, 4) is 11.1 Å². The van der Waals surface area contributed by atoms with Gasteiger partial charge in [0.2, 0.25) is 0 Å². The number of nitrogens with zero attached hydrogens (tertiary/aromatic N) is 4. The monoisotopic (exact) mass is 440 g/mol. The third-order valence-corrected chi connectivity index (χ3v) is 6.32. The van der Waals surface area contributed by atoms with Crippen molar-refractivity contribution in [1.29, 1.82) is 0 Å². The number of hydrogen-bond donors (Lipinski definition) is 2. The third-order valence-electron chi connectivity index (χ3n) is 6.32. The molecule has 0 bridgehead atoms. The molecule has 0 saturated carbocycles. The Kier molecular flexibility index (Phi) is 5.79. The van der Waals surface area contributed by atoms with Crippen molar-refractivity contribution >= 4 is 22.9 Å². The summed E-state index contributed by atoms with van der Waals surface area (Å²) in [6, 6.07) is 18.5. The van der Waals surface area contributed by atoms with Gasteiger partial charge in [0.15, 0.2) is 5.65 Å². The van der Waals surface area contributed by atoms with Gasteiger partial charge in [0.05, 0.1) is 6.20 Å². The first-order valence-electron chi connectivity index (χ1n) is 11.4. The minimum atomic E-state index is -0.239. The van der Waals surface area contributed by atoms with Crippen LogP contribution >= 0.6 is 0 Å². The first-order valence-corrected chi connectivity index (χ1v) is 11.4. The molecule has 7 nitrogen and oxygen atoms in total. The maximum Gasteiger partial charge on any atom is 0.274 e. The van der Waals surface area contributed by atoms with E-state index in [1.165, 1.54) is 5.69 Å². The highest BCUT2D eigenvalue weighted by Gasteiger charge is 2.18. The average Bonchev–Trinajstić information content (AvgIpc) is 3.28. The van der Waals surface area contributed by atoms with Gasteiger partial charge < -0.3 is 15.5 Å². The lowest BCUT2D eigenvalue weighted by molar-refractivity contribution is 0.102. The second-order valence-electron chi connectivity index (χ2n) is 8.56. The molecule has 0 unspecified atom stereocenters. The van der Waals surface area contributed by atoms with Crippen molar-refractivity contribution in [2.24, 2.45) is 0 Å². The Morgan fingerprint density at radius 1 is 1.06 bits per heavy atom. The molecule has 4 aromatic rings. The standard InChI is InChI=1S/C26H28N6O/c1-18-4-3-5-19(16-18)23-17-28-32-15-12-24(30-25(23)32)26(33)29-21-6-8-22(9-7-21)31-13-10-20(27-2)11-14-31/h3-9,12,15-17,20,27H,10-11,13-14H2,1-2H3,(H,29,33). The molecule has 2 aromatic carbocycles. The van der Waals surface area contributed by atoms with Crippen LogP contribution < -0.4 is 15.5 Å². The number of anilines is 2. The van der Waals surface area contributed by atoms with Crippen LogP contribution in [0, 0.1) is 6.92 Å². The number of nitrogens with one attached hydrogen (secondary N) is 2. The van der Waals surface area contributed by atoms with E-state index < -0.39 is 0 Å². The normalized spacial score (nSPS) is 14.5. The fourth-order valence-corrected chi connectivity index (χ4v) is 4.39. The lowest BCUT2D eigenvalue weighted by Gasteiger charge is -2.33. The van der Waals surface area contributed by atoms with Gasteiger partial charge in [-0.25, -0.2) is 9.50 Å². The van der Waals surface area contributed by atoms with Crippen molar-refractivity contribution in [3.05, 3.63) is 78.2 Å². The molecule has 2 N–H and O–H groups in total. The maximum absolute atomic E-state index is 12.9. The molecular weight excluding hydrogens is 412 g/mol. The highest BCUT2D eigenvalue weighted by molar-refractivity contribution is 6.03. The number of carbonyl (C=O) groups excluding carboxylic acids is 1. The Hall–Kier alpha value is -3.71. The molecule has 1 saturated heterocycles. The highest BCUT2D eigenvalue weighted by Crippen LogP contribution is 2.25. The van der Waals surface area contributed by atoms with E-state index in [0.29, 0.717) is 17.4 Å². The van der Waals surface area contributed by atoms with Gasteiger partial charge in [-0.3, -0.25) is 4.79 Å². The summed E-state index contributed by atoms with van der Waals surface area (Å²) in [5, 5.41) is 10.7. The summed E-state index contributed by atoms with van der Waals surface area (Å²) in [6.07, 6.45) is 5.84. The van der Waals surface area contributed by atoms with Crippen LogP contribution in [-0.2, 0) is 0 Å². The molecule has 0 spiro atoms. The van der Waals surface area contributed by atoms with Gasteiger partial charge in [-0.2, -0.15) is 5.10 Å². The smallest absolute Gasteiger partial charge is 0.274 e. The van der Waals surface area contributed by atoms with Gasteiger partial charge in [-0.05, 0) is 62.7 Å². The van der Waals surface area contributed by atoms with Gasteiger partial charge in [-0.1, -0.05) is 29.8 Å². The summed E-state index contributed by atoms with van der Waals surface area (Å²) in [5.74, 6) is -0.239. The number of aryl methyl sites for hydroxylation is 1. The quantitative estimate of drug-likeness (QED) is 0.488. The Morgan fingerprint density at radius 3 is 2.58 bits per heavy atom. The van der Waals surface area contributed by atoms with Crippen molar-refractivity contribution < 1.29 is 4.79 Å². The number of piperidine rings is 1. The molecule has 5 rings (SSSR count). The Balaban J connectivity index is 1.31. The molecule has 1 aliphatic heterocycles. The lowest BCUT2D eigenvalue weighted by Crippen LogP contribution is -2.41. The zero-order chi connectivity index (χ0) is 22.8. The molecule has 1 aliphatic rings. The molecular formula is C26H28N6O. The molecule has 3 heterocycles. The van der Waals surface area contributed by atoms with Crippen LogP contribution in [0.5, 0.6) is 0 Å². The zero-order valence-electron chi connectivity index (χ0n) is 19.0. The van der Waals surface area contributed by atoms with Crippen molar-refractivity contribution in [1.82, 2.24) is 19.9 Å². The van der Waals surface area contributed by atoms with E-state index in [9.17, 15) is 4.79 Å². The summed E-state index contributed by atoms with van der Waals surface area (Å²) in [7, 11) is 2.03. The summed E-state index contributed by atoms with van der Waals surface area (Å²) in [6.45, 7) is 4.13. The number of carbonyl (C=O) groups is 1. The second-order valence-corrected chi connectivity index (χ2v) is 8.56. The van der Waals surface area contributed by atoms with E-state index in [0.717, 1.165) is 48.3 Å². The summed E-state index contributed by atoms with van der Waals surface area (Å²) < 4.78 is 1.69. The lowest BCUT2D eigenvalue weighted by atomic mass is 10.0. The predicted molar refractivity (Wildman–Crippen MR) is 132 cm³/mol. The van der Waals surface area contributed by atoms with Gasteiger partial charge >= 0.3 is 0 Å². The van der Waals surface area contributed by atoms with Crippen LogP contribution in [0.1, 0.15) is 28.9 Å². The van der Waals surface area contributed by atoms with Gasteiger partial charge in [0, 0.05) is 42.3 Å². The molecule has 0 aliphatic carbocycles. The molecule has 33 heavy (non-hydrogen) atoms. The van der Waals surface area contributed by atoms with E-state index in [2.05, 4.69) is 56.8 Å². The minimum Gasteiger partial charge on any atom is -0.371 e. The van der Waals surface area contributed by atoms with Crippen LogP contribution in [-0.4, -0.2) is 46.7 Å². The molecule has 2 aromatic heterocycles. The number of benzene rings is 2. The fraction of sp³-hybridized carbons (Fsp3) is 0.269. The Morgan fingerprint density at radius 2 is 1.85 bits per heavy atom. The van der Waals surface area contributed by atoms with Crippen LogP contribution in [0.25, 0.3) is 16.8 Å². The molecule has 168 valence electrons. The first-order chi connectivity index (χ1) is 16.1. The summed E-state index contributed by atoms with van der Waals surface area (Å²) in [4.78, 5) is 19.9.